The van der Waals surface area contributed by atoms with Crippen LogP contribution in [-0.2, 0) is 4.79 Å². The Kier molecular flexibility index (Phi) is 5.85. The lowest BCUT2D eigenvalue weighted by Gasteiger charge is -2.40. The van der Waals surface area contributed by atoms with Gasteiger partial charge in [0, 0.05) is 42.5 Å². The van der Waals surface area contributed by atoms with Gasteiger partial charge in [-0.05, 0) is 55.5 Å². The van der Waals surface area contributed by atoms with Crippen LogP contribution in [0.2, 0.25) is 0 Å². The molecular weight excluding hydrogens is 456 g/mol. The van der Waals surface area contributed by atoms with Crippen molar-refractivity contribution in [1.82, 2.24) is 15.1 Å². The fourth-order valence-corrected chi connectivity index (χ4v) is 6.24. The second kappa shape index (κ2) is 9.19. The highest BCUT2D eigenvalue weighted by Gasteiger charge is 2.43. The van der Waals surface area contributed by atoms with Gasteiger partial charge in [-0.2, -0.15) is 0 Å². The first-order chi connectivity index (χ1) is 17.5. The second-order valence-electron chi connectivity index (χ2n) is 10.3. The van der Waals surface area contributed by atoms with Crippen LogP contribution in [0, 0.1) is 0 Å². The molecular formula is C28H30N4O4. The molecule has 3 N–H and O–H groups in total. The highest BCUT2D eigenvalue weighted by molar-refractivity contribution is 6.21. The number of anilines is 1. The molecule has 4 aliphatic heterocycles. The van der Waals surface area contributed by atoms with E-state index in [-0.39, 0.29) is 42.4 Å². The van der Waals surface area contributed by atoms with Gasteiger partial charge in [-0.25, -0.2) is 0 Å². The molecule has 6 rings (SSSR count). The van der Waals surface area contributed by atoms with E-state index in [0.717, 1.165) is 47.4 Å². The summed E-state index contributed by atoms with van der Waals surface area (Å²) in [4.78, 5) is 41.7. The van der Waals surface area contributed by atoms with Gasteiger partial charge in [0.25, 0.3) is 11.8 Å². The maximum absolute atomic E-state index is 13.0. The lowest BCUT2D eigenvalue weighted by molar-refractivity contribution is -0.118. The molecule has 0 aromatic heterocycles. The van der Waals surface area contributed by atoms with Crippen LogP contribution in [0.4, 0.5) is 5.69 Å². The number of β-amino-alcohol motifs (C(OH)–C–C–N with tert-alkyl or cyclic N) is 1. The van der Waals surface area contributed by atoms with Crippen LogP contribution in [0.25, 0.3) is 6.08 Å². The third-order valence-corrected chi connectivity index (χ3v) is 7.96. The molecule has 8 heteroatoms. The van der Waals surface area contributed by atoms with E-state index in [0.29, 0.717) is 24.2 Å². The molecule has 3 amide bonds. The van der Waals surface area contributed by atoms with Gasteiger partial charge in [0.2, 0.25) is 5.91 Å². The van der Waals surface area contributed by atoms with Crippen molar-refractivity contribution in [2.24, 2.45) is 0 Å². The highest BCUT2D eigenvalue weighted by atomic mass is 16.3. The largest absolute Gasteiger partial charge is 0.390 e. The lowest BCUT2D eigenvalue weighted by Crippen LogP contribution is -2.53. The lowest BCUT2D eigenvalue weighted by atomic mass is 9.96. The Morgan fingerprint density at radius 2 is 1.61 bits per heavy atom. The molecule has 186 valence electrons. The number of benzene rings is 2. The molecule has 3 unspecified atom stereocenters. The van der Waals surface area contributed by atoms with E-state index in [2.05, 4.69) is 15.5 Å². The van der Waals surface area contributed by atoms with Gasteiger partial charge in [-0.1, -0.05) is 30.3 Å². The fourth-order valence-electron chi connectivity index (χ4n) is 6.24. The van der Waals surface area contributed by atoms with E-state index in [9.17, 15) is 19.5 Å². The first-order valence-electron chi connectivity index (χ1n) is 12.7. The van der Waals surface area contributed by atoms with E-state index in [1.807, 2.05) is 30.3 Å². The van der Waals surface area contributed by atoms with Crippen molar-refractivity contribution in [3.05, 3.63) is 70.8 Å². The predicted molar refractivity (Wildman–Crippen MR) is 135 cm³/mol. The first-order valence-corrected chi connectivity index (χ1v) is 12.7. The van der Waals surface area contributed by atoms with Crippen molar-refractivity contribution in [2.45, 2.75) is 49.9 Å². The Morgan fingerprint density at radius 3 is 2.31 bits per heavy atom. The number of piperidine rings is 1. The number of aliphatic hydroxyl groups excluding tert-OH is 1. The summed E-state index contributed by atoms with van der Waals surface area (Å²) in [5.74, 6) is -0.707. The minimum atomic E-state index is -0.819. The van der Waals surface area contributed by atoms with Crippen LogP contribution in [0.1, 0.15) is 52.0 Å². The standard InChI is InChI=1S/C28H30N4O4/c33-22(16-32-27(35)23-6-2-3-7-24(23)28(32)36)15-31-20-9-10-21(31)13-19(12-20)30-26(34)18-11-17-5-1-4-8-25(17)29-14-18/h1-8,11,19-22,29,33H,9-10,12-16H2,(H,30,34). The number of para-hydroxylation sites is 1. The number of imide groups is 1. The van der Waals surface area contributed by atoms with Crippen LogP contribution in [-0.4, -0.2) is 76.5 Å². The number of aliphatic hydroxyl groups is 1. The Balaban J connectivity index is 1.05. The minimum absolute atomic E-state index is 0.00885. The summed E-state index contributed by atoms with van der Waals surface area (Å²) >= 11 is 0. The zero-order valence-corrected chi connectivity index (χ0v) is 20.0. The van der Waals surface area contributed by atoms with Crippen LogP contribution in [0.5, 0.6) is 0 Å². The van der Waals surface area contributed by atoms with E-state index < -0.39 is 6.10 Å². The molecule has 8 nitrogen and oxygen atoms in total. The number of hydrogen-bond acceptors (Lipinski definition) is 6. The topological polar surface area (TPSA) is 102 Å². The van der Waals surface area contributed by atoms with Gasteiger partial charge in [-0.3, -0.25) is 24.2 Å². The van der Waals surface area contributed by atoms with Crippen LogP contribution < -0.4 is 10.6 Å². The van der Waals surface area contributed by atoms with Gasteiger partial charge in [0.1, 0.15) is 0 Å². The number of nitrogens with one attached hydrogen (secondary N) is 2. The van der Waals surface area contributed by atoms with E-state index in [1.54, 1.807) is 24.3 Å². The van der Waals surface area contributed by atoms with Gasteiger partial charge in [0.05, 0.1) is 23.8 Å². The highest BCUT2D eigenvalue weighted by Crippen LogP contribution is 2.36. The third-order valence-electron chi connectivity index (χ3n) is 7.96. The molecule has 3 atom stereocenters. The summed E-state index contributed by atoms with van der Waals surface area (Å²) in [6.45, 7) is 0.916. The first kappa shape index (κ1) is 22.9. The van der Waals surface area contributed by atoms with Crippen LogP contribution >= 0.6 is 0 Å². The minimum Gasteiger partial charge on any atom is -0.390 e. The molecule has 0 saturated carbocycles. The van der Waals surface area contributed by atoms with Crippen molar-refractivity contribution in [2.75, 3.05) is 25.0 Å². The second-order valence-corrected chi connectivity index (χ2v) is 10.3. The molecule has 4 aliphatic rings. The number of rotatable bonds is 6. The Morgan fingerprint density at radius 1 is 0.972 bits per heavy atom. The van der Waals surface area contributed by atoms with Gasteiger partial charge >= 0.3 is 0 Å². The Bertz CT molecular complexity index is 1210. The monoisotopic (exact) mass is 486 g/mol. The maximum atomic E-state index is 13.0. The zero-order valence-electron chi connectivity index (χ0n) is 20.0. The van der Waals surface area contributed by atoms with E-state index >= 15 is 0 Å². The summed E-state index contributed by atoms with van der Waals surface area (Å²) in [6, 6.07) is 15.4. The fraction of sp³-hybridized carbons (Fsp3) is 0.393. The summed E-state index contributed by atoms with van der Waals surface area (Å²) in [5.41, 5.74) is 3.60. The predicted octanol–water partition coefficient (Wildman–Crippen LogP) is 2.26. The zero-order chi connectivity index (χ0) is 24.8. The normalized spacial score (nSPS) is 25.6. The van der Waals surface area contributed by atoms with Crippen LogP contribution in [0.3, 0.4) is 0 Å². The molecule has 2 saturated heterocycles. The van der Waals surface area contributed by atoms with Gasteiger partial charge < -0.3 is 15.7 Å². The van der Waals surface area contributed by atoms with Gasteiger partial charge in [-0.15, -0.1) is 0 Å². The number of fused-ring (bicyclic) bond motifs is 4. The van der Waals surface area contributed by atoms with Crippen molar-refractivity contribution >= 4 is 29.5 Å². The van der Waals surface area contributed by atoms with Crippen LogP contribution in [0.15, 0.2) is 54.1 Å². The van der Waals surface area contributed by atoms with Crippen molar-refractivity contribution in [3.63, 3.8) is 0 Å². The molecule has 2 aromatic rings. The number of amides is 3. The molecule has 36 heavy (non-hydrogen) atoms. The Hall–Kier alpha value is -3.49. The quantitative estimate of drug-likeness (QED) is 0.542. The number of carbonyl (C=O) groups excluding carboxylic acids is 3. The SMILES string of the molecule is O=C(NC1CC2CCC(C1)N2CC(O)CN1C(=O)c2ccccc2C1=O)C1=Cc2ccccc2NC1. The molecule has 2 fully saturated rings. The van der Waals surface area contributed by atoms with Gasteiger partial charge in [0.15, 0.2) is 0 Å². The number of hydrogen-bond donors (Lipinski definition) is 3. The van der Waals surface area contributed by atoms with Crippen molar-refractivity contribution in [3.8, 4) is 0 Å². The van der Waals surface area contributed by atoms with E-state index in [1.165, 1.54) is 0 Å². The molecule has 0 aliphatic carbocycles. The molecule has 0 radical (unpaired) electrons. The van der Waals surface area contributed by atoms with Crippen molar-refractivity contribution < 1.29 is 19.5 Å². The maximum Gasteiger partial charge on any atom is 0.261 e. The summed E-state index contributed by atoms with van der Waals surface area (Å²) in [6.07, 6.45) is 4.85. The Labute approximate surface area is 210 Å². The molecule has 0 spiro atoms. The summed E-state index contributed by atoms with van der Waals surface area (Å²) < 4.78 is 0. The summed E-state index contributed by atoms with van der Waals surface area (Å²) in [5, 5.41) is 17.4. The average Bonchev–Trinajstić information content (AvgIpc) is 3.26. The number of carbonyl (C=O) groups is 3. The molecule has 4 heterocycles. The smallest absolute Gasteiger partial charge is 0.261 e. The molecule has 2 aromatic carbocycles. The summed E-state index contributed by atoms with van der Waals surface area (Å²) in [7, 11) is 0. The molecule has 2 bridgehead atoms. The third kappa shape index (κ3) is 4.10. The average molecular weight is 487 g/mol. The number of nitrogens with zero attached hydrogens (tertiary/aromatic N) is 2. The van der Waals surface area contributed by atoms with Crippen molar-refractivity contribution in [1.29, 1.82) is 0 Å². The van der Waals surface area contributed by atoms with E-state index in [4.69, 9.17) is 0 Å².